The van der Waals surface area contributed by atoms with Crippen LogP contribution in [0.2, 0.25) is 0 Å². The van der Waals surface area contributed by atoms with Crippen LogP contribution in [0, 0.1) is 0 Å². The van der Waals surface area contributed by atoms with Crippen LogP contribution in [0.25, 0.3) is 10.8 Å². The summed E-state index contributed by atoms with van der Waals surface area (Å²) in [7, 11) is -4.68. The van der Waals surface area contributed by atoms with Crippen molar-refractivity contribution in [1.82, 2.24) is 0 Å². The molecule has 134 valence electrons. The number of halogens is 2. The molecule has 0 atom stereocenters. The van der Waals surface area contributed by atoms with Crippen molar-refractivity contribution in [3.8, 4) is 0 Å². The first-order chi connectivity index (χ1) is 12.4. The van der Waals surface area contributed by atoms with Gasteiger partial charge in [-0.1, -0.05) is 42.5 Å². The highest BCUT2D eigenvalue weighted by atomic mass is 32.2. The van der Waals surface area contributed by atoms with Crippen LogP contribution < -0.4 is 0 Å². The van der Waals surface area contributed by atoms with Gasteiger partial charge in [0.05, 0.1) is 10.5 Å². The van der Waals surface area contributed by atoms with E-state index in [0.29, 0.717) is 0 Å². The van der Waals surface area contributed by atoms with Gasteiger partial charge < -0.3 is 4.74 Å². The zero-order chi connectivity index (χ0) is 18.7. The van der Waals surface area contributed by atoms with Gasteiger partial charge in [-0.25, -0.2) is 13.2 Å². The molecule has 3 aromatic carbocycles. The third-order valence-corrected chi connectivity index (χ3v) is 5.29. The minimum atomic E-state index is -4.68. The fourth-order valence-corrected chi connectivity index (χ4v) is 3.25. The third-order valence-electron chi connectivity index (χ3n) is 3.89. The lowest BCUT2D eigenvalue weighted by Gasteiger charge is -2.09. The molecule has 0 N–H and O–H groups in total. The van der Waals surface area contributed by atoms with E-state index in [9.17, 15) is 22.0 Å². The van der Waals surface area contributed by atoms with E-state index in [2.05, 4.69) is 0 Å². The van der Waals surface area contributed by atoms with Gasteiger partial charge in [-0.3, -0.25) is 0 Å². The molecule has 0 bridgehead atoms. The van der Waals surface area contributed by atoms with Gasteiger partial charge in [-0.05, 0) is 40.6 Å². The van der Waals surface area contributed by atoms with E-state index < -0.39 is 26.5 Å². The molecular formula is C19H14F2O4S. The van der Waals surface area contributed by atoms with Crippen molar-refractivity contribution in [2.75, 3.05) is 0 Å². The molecule has 0 saturated heterocycles. The summed E-state index contributed by atoms with van der Waals surface area (Å²) in [5.41, 5.74) is 0.909. The molecule has 0 aliphatic carbocycles. The number of ether oxygens (including phenoxy) is 1. The van der Waals surface area contributed by atoms with Gasteiger partial charge in [-0.15, -0.1) is 0 Å². The summed E-state index contributed by atoms with van der Waals surface area (Å²) in [6, 6.07) is 17.5. The Morgan fingerprint density at radius 3 is 2.27 bits per heavy atom. The van der Waals surface area contributed by atoms with Gasteiger partial charge in [0.1, 0.15) is 6.61 Å². The van der Waals surface area contributed by atoms with Crippen molar-refractivity contribution >= 4 is 26.6 Å². The van der Waals surface area contributed by atoms with Crippen LogP contribution in [-0.4, -0.2) is 20.1 Å². The average molecular weight is 376 g/mol. The zero-order valence-electron chi connectivity index (χ0n) is 13.4. The van der Waals surface area contributed by atoms with Crippen LogP contribution in [0.3, 0.4) is 0 Å². The third kappa shape index (κ3) is 3.57. The summed E-state index contributed by atoms with van der Waals surface area (Å²) in [5.74, 6) is -4.18. The summed E-state index contributed by atoms with van der Waals surface area (Å²) in [6.07, 6.45) is 0. The number of carbonyl (C=O) groups excluding carboxylic acids is 1. The Bertz CT molecular complexity index is 1040. The molecule has 0 aromatic heterocycles. The maximum atomic E-state index is 12.5. The van der Waals surface area contributed by atoms with Crippen LogP contribution in [0.15, 0.2) is 71.6 Å². The van der Waals surface area contributed by atoms with Crippen LogP contribution in [0.1, 0.15) is 15.9 Å². The Labute approximate surface area is 148 Å². The van der Waals surface area contributed by atoms with Crippen molar-refractivity contribution in [3.63, 3.8) is 0 Å². The van der Waals surface area contributed by atoms with E-state index in [1.54, 1.807) is 0 Å². The maximum Gasteiger partial charge on any atom is 0.341 e. The molecule has 0 saturated carbocycles. The summed E-state index contributed by atoms with van der Waals surface area (Å²) in [6.45, 7) is 0.0390. The van der Waals surface area contributed by atoms with Crippen LogP contribution in [-0.2, 0) is 21.2 Å². The highest BCUT2D eigenvalue weighted by Crippen LogP contribution is 2.21. The topological polar surface area (TPSA) is 60.4 Å². The van der Waals surface area contributed by atoms with Crippen molar-refractivity contribution < 1.29 is 26.7 Å². The van der Waals surface area contributed by atoms with Crippen LogP contribution in [0.4, 0.5) is 8.78 Å². The van der Waals surface area contributed by atoms with Gasteiger partial charge in [0.2, 0.25) is 9.84 Å². The molecule has 3 rings (SSSR count). The SMILES string of the molecule is O=C(OCc1cccc2ccccc12)c1ccc(S(=O)(=O)C(F)F)cc1. The molecule has 0 unspecified atom stereocenters. The van der Waals surface area contributed by atoms with Gasteiger partial charge in [0, 0.05) is 0 Å². The second kappa shape index (κ2) is 7.21. The minimum Gasteiger partial charge on any atom is -0.457 e. The number of esters is 1. The molecule has 0 heterocycles. The lowest BCUT2D eigenvalue weighted by molar-refractivity contribution is 0.0474. The molecular weight excluding hydrogens is 362 g/mol. The number of hydrogen-bond donors (Lipinski definition) is 0. The van der Waals surface area contributed by atoms with Crippen molar-refractivity contribution in [2.45, 2.75) is 17.3 Å². The minimum absolute atomic E-state index is 0.0390. The fraction of sp³-hybridized carbons (Fsp3) is 0.105. The van der Waals surface area contributed by atoms with E-state index >= 15 is 0 Å². The highest BCUT2D eigenvalue weighted by Gasteiger charge is 2.26. The Morgan fingerprint density at radius 2 is 1.58 bits per heavy atom. The van der Waals surface area contributed by atoms with E-state index in [-0.39, 0.29) is 12.2 Å². The molecule has 0 radical (unpaired) electrons. The van der Waals surface area contributed by atoms with Gasteiger partial charge in [0.25, 0.3) is 0 Å². The molecule has 3 aromatic rings. The Balaban J connectivity index is 1.74. The summed E-state index contributed by atoms with van der Waals surface area (Å²) in [4.78, 5) is 11.6. The first-order valence-corrected chi connectivity index (χ1v) is 9.20. The quantitative estimate of drug-likeness (QED) is 0.627. The Kier molecular flexibility index (Phi) is 4.99. The second-order valence-electron chi connectivity index (χ2n) is 5.54. The zero-order valence-corrected chi connectivity index (χ0v) is 14.2. The molecule has 0 aliphatic heterocycles. The Hall–Kier alpha value is -2.80. The fourth-order valence-electron chi connectivity index (χ4n) is 2.53. The monoisotopic (exact) mass is 376 g/mol. The average Bonchev–Trinajstić information content (AvgIpc) is 2.66. The second-order valence-corrected chi connectivity index (χ2v) is 7.46. The van der Waals surface area contributed by atoms with E-state index in [4.69, 9.17) is 4.74 Å². The van der Waals surface area contributed by atoms with Crippen molar-refractivity contribution in [3.05, 3.63) is 77.9 Å². The van der Waals surface area contributed by atoms with Crippen LogP contribution in [0.5, 0.6) is 0 Å². The largest absolute Gasteiger partial charge is 0.457 e. The molecule has 7 heteroatoms. The van der Waals surface area contributed by atoms with Gasteiger partial charge in [0.15, 0.2) is 0 Å². The highest BCUT2D eigenvalue weighted by molar-refractivity contribution is 7.91. The molecule has 0 spiro atoms. The number of fused-ring (bicyclic) bond motifs is 1. The summed E-state index contributed by atoms with van der Waals surface area (Å²) >= 11 is 0. The number of rotatable bonds is 5. The normalized spacial score (nSPS) is 11.7. The predicted molar refractivity (Wildman–Crippen MR) is 92.7 cm³/mol. The molecule has 26 heavy (non-hydrogen) atoms. The number of benzene rings is 3. The van der Waals surface area contributed by atoms with Crippen molar-refractivity contribution in [2.24, 2.45) is 0 Å². The van der Waals surface area contributed by atoms with E-state index in [1.165, 1.54) is 0 Å². The summed E-state index contributed by atoms with van der Waals surface area (Å²) in [5, 5.41) is 1.98. The molecule has 0 amide bonds. The van der Waals surface area contributed by atoms with E-state index in [0.717, 1.165) is 40.6 Å². The first kappa shape index (κ1) is 18.0. The van der Waals surface area contributed by atoms with Crippen molar-refractivity contribution in [1.29, 1.82) is 0 Å². The summed E-state index contributed by atoms with van der Waals surface area (Å²) < 4.78 is 53.1. The Morgan fingerprint density at radius 1 is 0.923 bits per heavy atom. The molecule has 0 fully saturated rings. The smallest absolute Gasteiger partial charge is 0.341 e. The first-order valence-electron chi connectivity index (χ1n) is 7.65. The maximum absolute atomic E-state index is 12.5. The number of alkyl halides is 2. The van der Waals surface area contributed by atoms with Gasteiger partial charge in [-0.2, -0.15) is 8.78 Å². The van der Waals surface area contributed by atoms with Gasteiger partial charge >= 0.3 is 11.7 Å². The number of sulfone groups is 1. The number of carbonyl (C=O) groups is 1. The standard InChI is InChI=1S/C19H14F2O4S/c20-19(21)26(23,24)16-10-8-14(9-11-16)18(22)25-12-15-6-3-5-13-4-1-2-7-17(13)15/h1-11,19H,12H2. The van der Waals surface area contributed by atoms with E-state index in [1.807, 2.05) is 42.5 Å². The molecule has 0 aliphatic rings. The lowest BCUT2D eigenvalue weighted by Crippen LogP contribution is -2.12. The van der Waals surface area contributed by atoms with Crippen LogP contribution >= 0.6 is 0 Å². The lowest BCUT2D eigenvalue weighted by atomic mass is 10.1. The predicted octanol–water partition coefficient (Wildman–Crippen LogP) is 4.19. The number of hydrogen-bond acceptors (Lipinski definition) is 4. The molecule has 4 nitrogen and oxygen atoms in total.